The topological polar surface area (TPSA) is 62.7 Å². The van der Waals surface area contributed by atoms with Crippen LogP contribution in [-0.2, 0) is 18.8 Å². The first-order valence-electron chi connectivity index (χ1n) is 12.6. The van der Waals surface area contributed by atoms with Gasteiger partial charge in [-0.15, -0.1) is 5.10 Å². The van der Waals surface area contributed by atoms with Crippen LogP contribution in [0.4, 0.5) is 0 Å². The highest BCUT2D eigenvalue weighted by molar-refractivity contribution is 6.06. The average Bonchev–Trinajstić information content (AvgIpc) is 3.51. The average molecular weight is 481 g/mol. The Labute approximate surface area is 211 Å². The minimum atomic E-state index is 0.165. The maximum atomic E-state index is 5.77. The number of hydrogen-bond acceptors (Lipinski definition) is 4. The molecular weight excluding hydrogens is 448 g/mol. The summed E-state index contributed by atoms with van der Waals surface area (Å²) in [6, 6.07) is 15.6. The third-order valence-electron chi connectivity index (χ3n) is 7.66. The third-order valence-corrected chi connectivity index (χ3v) is 7.66. The predicted molar refractivity (Wildman–Crippen MR) is 144 cm³/mol. The highest BCUT2D eigenvalue weighted by atomic mass is 16.5. The Morgan fingerprint density at radius 3 is 2.50 bits per heavy atom. The third kappa shape index (κ3) is 3.49. The van der Waals surface area contributed by atoms with Crippen molar-refractivity contribution in [1.29, 1.82) is 0 Å². The first-order valence-corrected chi connectivity index (χ1v) is 12.6. The van der Waals surface area contributed by atoms with E-state index in [0.29, 0.717) is 5.92 Å². The molecular formula is C29H32N6O. The predicted octanol–water partition coefficient (Wildman–Crippen LogP) is 5.68. The molecule has 0 bridgehead atoms. The summed E-state index contributed by atoms with van der Waals surface area (Å²) < 4.78 is 12.4. The summed E-state index contributed by atoms with van der Waals surface area (Å²) in [6.07, 6.45) is 4.01. The normalized spacial score (nSPS) is 15.7. The number of benzene rings is 1. The van der Waals surface area contributed by atoms with E-state index in [1.807, 2.05) is 24.9 Å². The van der Waals surface area contributed by atoms with Gasteiger partial charge in [0.1, 0.15) is 5.52 Å². The molecule has 1 fully saturated rings. The minimum absolute atomic E-state index is 0.165. The highest BCUT2D eigenvalue weighted by Gasteiger charge is 2.31. The Morgan fingerprint density at radius 2 is 1.83 bits per heavy atom. The highest BCUT2D eigenvalue weighted by Crippen LogP contribution is 2.42. The standard InChI is InChI=1S/C29H32N6O/c1-18(2)23-16-25-29(33(23)4)26-24(15-22(17-30-26)27-19(3)31-32-34(27)5)35(25)28(20-9-7-6-8-10-20)21-11-13-36-14-12-21/h6-10,15-17,21,28H,1,11-14H2,2-5H3. The summed E-state index contributed by atoms with van der Waals surface area (Å²) in [6.45, 7) is 9.90. The molecule has 184 valence electrons. The molecule has 5 heterocycles. The Bertz CT molecular complexity index is 1560. The lowest BCUT2D eigenvalue weighted by atomic mass is 9.86. The van der Waals surface area contributed by atoms with Crippen LogP contribution in [0.5, 0.6) is 0 Å². The Balaban J connectivity index is 1.70. The molecule has 1 unspecified atom stereocenters. The van der Waals surface area contributed by atoms with Crippen molar-refractivity contribution in [2.75, 3.05) is 13.2 Å². The van der Waals surface area contributed by atoms with Crippen molar-refractivity contribution in [1.82, 2.24) is 29.1 Å². The second-order valence-electron chi connectivity index (χ2n) is 10.0. The molecule has 5 aromatic rings. The van der Waals surface area contributed by atoms with Gasteiger partial charge in [-0.05, 0) is 55.9 Å². The van der Waals surface area contributed by atoms with Gasteiger partial charge in [-0.3, -0.25) is 4.98 Å². The molecule has 1 atom stereocenters. The van der Waals surface area contributed by atoms with Crippen LogP contribution in [0.3, 0.4) is 0 Å². The molecule has 1 aliphatic heterocycles. The quantitative estimate of drug-likeness (QED) is 0.325. The van der Waals surface area contributed by atoms with Crippen molar-refractivity contribution >= 4 is 27.6 Å². The van der Waals surface area contributed by atoms with E-state index in [2.05, 4.69) is 82.5 Å². The Morgan fingerprint density at radius 1 is 1.08 bits per heavy atom. The fourth-order valence-electron chi connectivity index (χ4n) is 6.01. The molecule has 1 aromatic carbocycles. The number of pyridine rings is 1. The van der Waals surface area contributed by atoms with Gasteiger partial charge in [-0.25, -0.2) is 4.68 Å². The van der Waals surface area contributed by atoms with Gasteiger partial charge in [0, 0.05) is 44.8 Å². The maximum Gasteiger partial charge on any atom is 0.112 e. The van der Waals surface area contributed by atoms with Gasteiger partial charge in [0.15, 0.2) is 0 Å². The van der Waals surface area contributed by atoms with Crippen LogP contribution in [0.1, 0.15) is 42.8 Å². The van der Waals surface area contributed by atoms with Gasteiger partial charge in [-0.1, -0.05) is 42.1 Å². The molecule has 1 aliphatic rings. The number of aryl methyl sites for hydroxylation is 3. The van der Waals surface area contributed by atoms with E-state index in [-0.39, 0.29) is 6.04 Å². The van der Waals surface area contributed by atoms with E-state index in [0.717, 1.165) is 70.8 Å². The van der Waals surface area contributed by atoms with Crippen LogP contribution in [0.25, 0.3) is 38.9 Å². The second-order valence-corrected chi connectivity index (χ2v) is 10.0. The van der Waals surface area contributed by atoms with E-state index in [1.54, 1.807) is 0 Å². The lowest BCUT2D eigenvalue weighted by molar-refractivity contribution is 0.0553. The summed E-state index contributed by atoms with van der Waals surface area (Å²) >= 11 is 0. The van der Waals surface area contributed by atoms with Crippen LogP contribution in [0.15, 0.2) is 55.2 Å². The van der Waals surface area contributed by atoms with Gasteiger partial charge in [-0.2, -0.15) is 0 Å². The van der Waals surface area contributed by atoms with E-state index in [9.17, 15) is 0 Å². The summed E-state index contributed by atoms with van der Waals surface area (Å²) in [5, 5.41) is 8.51. The molecule has 6 rings (SSSR count). The number of ether oxygens (including phenoxy) is 1. The number of fused-ring (bicyclic) bond motifs is 3. The van der Waals surface area contributed by atoms with Crippen molar-refractivity contribution < 1.29 is 4.74 Å². The largest absolute Gasteiger partial charge is 0.381 e. The molecule has 7 nitrogen and oxygen atoms in total. The van der Waals surface area contributed by atoms with E-state index in [4.69, 9.17) is 9.72 Å². The van der Waals surface area contributed by atoms with E-state index < -0.39 is 0 Å². The fraction of sp³-hybridized carbons (Fsp3) is 0.345. The van der Waals surface area contributed by atoms with Crippen molar-refractivity contribution in [3.05, 3.63) is 72.2 Å². The zero-order chi connectivity index (χ0) is 25.0. The van der Waals surface area contributed by atoms with Crippen molar-refractivity contribution in [3.8, 4) is 11.3 Å². The molecule has 1 saturated heterocycles. The van der Waals surface area contributed by atoms with Gasteiger partial charge in [0.2, 0.25) is 0 Å². The lowest BCUT2D eigenvalue weighted by Gasteiger charge is -2.33. The summed E-state index contributed by atoms with van der Waals surface area (Å²) in [5.74, 6) is 0.456. The molecule has 7 heteroatoms. The first-order chi connectivity index (χ1) is 17.5. The van der Waals surface area contributed by atoms with Crippen LogP contribution in [-0.4, -0.2) is 42.3 Å². The fourth-order valence-corrected chi connectivity index (χ4v) is 6.01. The van der Waals surface area contributed by atoms with Crippen LogP contribution in [0.2, 0.25) is 0 Å². The SMILES string of the molecule is C=C(C)c1cc2c(c3ncc(-c4c(C)nnn4C)cc3n2C(c2ccccc2)C2CCOCC2)n1C. The van der Waals surface area contributed by atoms with Gasteiger partial charge < -0.3 is 13.9 Å². The van der Waals surface area contributed by atoms with Crippen molar-refractivity contribution in [3.63, 3.8) is 0 Å². The molecule has 0 amide bonds. The molecule has 0 saturated carbocycles. The molecule has 4 aromatic heterocycles. The monoisotopic (exact) mass is 480 g/mol. The first kappa shape index (κ1) is 22.7. The van der Waals surface area contributed by atoms with Gasteiger partial charge in [0.05, 0.1) is 34.0 Å². The zero-order valence-electron chi connectivity index (χ0n) is 21.4. The van der Waals surface area contributed by atoms with E-state index >= 15 is 0 Å². The van der Waals surface area contributed by atoms with Crippen LogP contribution in [0, 0.1) is 12.8 Å². The molecule has 0 N–H and O–H groups in total. The second kappa shape index (κ2) is 8.75. The maximum absolute atomic E-state index is 5.77. The van der Waals surface area contributed by atoms with Crippen molar-refractivity contribution in [2.24, 2.45) is 20.0 Å². The Kier molecular flexibility index (Phi) is 5.52. The zero-order valence-corrected chi connectivity index (χ0v) is 21.4. The lowest BCUT2D eigenvalue weighted by Crippen LogP contribution is -2.26. The minimum Gasteiger partial charge on any atom is -0.381 e. The molecule has 0 radical (unpaired) electrons. The van der Waals surface area contributed by atoms with Crippen LogP contribution < -0.4 is 0 Å². The number of hydrogen-bond donors (Lipinski definition) is 0. The van der Waals surface area contributed by atoms with Crippen molar-refractivity contribution in [2.45, 2.75) is 32.7 Å². The molecule has 36 heavy (non-hydrogen) atoms. The molecule has 0 aliphatic carbocycles. The van der Waals surface area contributed by atoms with Gasteiger partial charge >= 0.3 is 0 Å². The number of aromatic nitrogens is 6. The summed E-state index contributed by atoms with van der Waals surface area (Å²) in [5.41, 5.74) is 10.9. The number of nitrogens with zero attached hydrogens (tertiary/aromatic N) is 6. The van der Waals surface area contributed by atoms with E-state index in [1.165, 1.54) is 11.1 Å². The molecule has 0 spiro atoms. The summed E-state index contributed by atoms with van der Waals surface area (Å²) in [7, 11) is 4.05. The number of allylic oxidation sites excluding steroid dienone is 1. The number of rotatable bonds is 5. The summed E-state index contributed by atoms with van der Waals surface area (Å²) in [4.78, 5) is 5.06. The van der Waals surface area contributed by atoms with Crippen LogP contribution >= 0.6 is 0 Å². The Hall–Kier alpha value is -3.71. The van der Waals surface area contributed by atoms with Gasteiger partial charge in [0.25, 0.3) is 0 Å². The smallest absolute Gasteiger partial charge is 0.112 e.